The van der Waals surface area contributed by atoms with Gasteiger partial charge in [0.15, 0.2) is 23.0 Å². The first-order chi connectivity index (χ1) is 30.3. The van der Waals surface area contributed by atoms with E-state index in [9.17, 15) is 36.9 Å². The van der Waals surface area contributed by atoms with E-state index >= 15 is 0 Å². The van der Waals surface area contributed by atoms with Crippen molar-refractivity contribution in [2.45, 2.75) is 37.5 Å². The third-order valence-electron chi connectivity index (χ3n) is 8.10. The first-order valence-electron chi connectivity index (χ1n) is 18.8. The summed E-state index contributed by atoms with van der Waals surface area (Å²) in [5, 5.41) is 32.4. The van der Waals surface area contributed by atoms with Crippen LogP contribution in [0.15, 0.2) is 131 Å². The number of para-hydroxylation sites is 2. The third kappa shape index (κ3) is 16.3. The Morgan fingerprint density at radius 2 is 1.14 bits per heavy atom. The fourth-order valence-electron chi connectivity index (χ4n) is 5.32. The van der Waals surface area contributed by atoms with Gasteiger partial charge in [0, 0.05) is 22.4 Å². The molecular weight excluding hydrogens is 905 g/mol. The molecule has 0 bridgehead atoms. The molecule has 6 rings (SSSR count). The highest BCUT2D eigenvalue weighted by Gasteiger charge is 2.16. The zero-order chi connectivity index (χ0) is 47.0. The van der Waals surface area contributed by atoms with Gasteiger partial charge < -0.3 is 38.5 Å². The van der Waals surface area contributed by atoms with Crippen LogP contribution >= 0.6 is 11.8 Å². The largest absolute Gasteiger partial charge is 0.506 e. The second kappa shape index (κ2) is 23.7. The molecule has 0 radical (unpaired) electrons. The zero-order valence-corrected chi connectivity index (χ0v) is 39.0. The molecule has 7 N–H and O–H groups in total. The number of phenols is 3. The van der Waals surface area contributed by atoms with Crippen LogP contribution in [0.2, 0.25) is 0 Å². The van der Waals surface area contributed by atoms with E-state index < -0.39 is 32.6 Å². The standard InChI is InChI=1S/C20H19NO4S2.C14H15NO4S.C10H14N2O4S/c1-14-7-6-10-16(11-14)26-17-12-18(20(22)19(13-17)24-2)21-27(23)25-15-8-4-3-5-9-15;1-10-8-12(14(16)13(9-10)18-2)15-20(17)19-11-6-4-3-5-7-11;1-6-4-10(14)9(12-17(3,15)16)5-8(6)11-7(2)13/h3-13,21-22H,1-2H3;3-9,15-16H,1-2H3;4-5,12,14H,1-3H3,(H,11,13). The summed E-state index contributed by atoms with van der Waals surface area (Å²) in [5.74, 6) is 0.818. The summed E-state index contributed by atoms with van der Waals surface area (Å²) >= 11 is -2.18. The number of anilines is 4. The molecular formula is C44H48N4O12S4. The zero-order valence-electron chi connectivity index (χ0n) is 35.7. The molecule has 1 amide bonds. The highest BCUT2D eigenvalue weighted by Crippen LogP contribution is 2.41. The minimum atomic E-state index is -3.48. The molecule has 16 nitrogen and oxygen atoms in total. The molecule has 2 unspecified atom stereocenters. The number of benzene rings is 6. The van der Waals surface area contributed by atoms with E-state index in [1.165, 1.54) is 45.0 Å². The van der Waals surface area contributed by atoms with E-state index in [1.54, 1.807) is 79.7 Å². The van der Waals surface area contributed by atoms with Crippen molar-refractivity contribution in [3.05, 3.63) is 138 Å². The molecule has 340 valence electrons. The average molecular weight is 953 g/mol. The highest BCUT2D eigenvalue weighted by molar-refractivity contribution is 7.99. The number of carbonyl (C=O) groups is 1. The molecule has 0 aliphatic carbocycles. The summed E-state index contributed by atoms with van der Waals surface area (Å²) in [6.45, 7) is 6.90. The summed E-state index contributed by atoms with van der Waals surface area (Å²) in [7, 11) is -0.557. The number of aromatic hydroxyl groups is 3. The quantitative estimate of drug-likeness (QED) is 0.0378. The Kier molecular flexibility index (Phi) is 18.6. The summed E-state index contributed by atoms with van der Waals surface area (Å²) in [6.07, 6.45) is 0.977. The van der Waals surface area contributed by atoms with Crippen molar-refractivity contribution < 1.29 is 54.8 Å². The summed E-state index contributed by atoms with van der Waals surface area (Å²) in [5.41, 5.74) is 3.68. The van der Waals surface area contributed by atoms with Gasteiger partial charge in [-0.3, -0.25) is 19.0 Å². The van der Waals surface area contributed by atoms with Crippen LogP contribution < -0.4 is 37.3 Å². The third-order valence-corrected chi connectivity index (χ3v) is 11.1. The molecule has 0 aliphatic heterocycles. The van der Waals surface area contributed by atoms with Crippen LogP contribution in [0.3, 0.4) is 0 Å². The minimum Gasteiger partial charge on any atom is -0.506 e. The molecule has 6 aromatic rings. The molecule has 0 aromatic heterocycles. The lowest BCUT2D eigenvalue weighted by molar-refractivity contribution is -0.114. The second-order valence-corrected chi connectivity index (χ2v) is 18.1. The normalized spacial score (nSPS) is 11.5. The van der Waals surface area contributed by atoms with Crippen molar-refractivity contribution in [1.82, 2.24) is 0 Å². The molecule has 2 atom stereocenters. The summed E-state index contributed by atoms with van der Waals surface area (Å²) in [4.78, 5) is 12.8. The fourth-order valence-corrected chi connectivity index (χ4v) is 8.21. The van der Waals surface area contributed by atoms with Crippen molar-refractivity contribution in [2.24, 2.45) is 0 Å². The Morgan fingerprint density at radius 1 is 0.609 bits per heavy atom. The molecule has 0 spiro atoms. The first-order valence-corrected chi connectivity index (χ1v) is 23.7. The molecule has 0 aliphatic rings. The predicted octanol–water partition coefficient (Wildman–Crippen LogP) is 8.74. The van der Waals surface area contributed by atoms with Gasteiger partial charge in [0.2, 0.25) is 15.9 Å². The molecule has 0 fully saturated rings. The van der Waals surface area contributed by atoms with E-state index in [2.05, 4.69) is 25.5 Å². The Bertz CT molecular complexity index is 2690. The van der Waals surface area contributed by atoms with Crippen molar-refractivity contribution >= 4 is 73.0 Å². The van der Waals surface area contributed by atoms with Crippen molar-refractivity contribution in [3.63, 3.8) is 0 Å². The van der Waals surface area contributed by atoms with Crippen LogP contribution in [-0.2, 0) is 37.4 Å². The van der Waals surface area contributed by atoms with Gasteiger partial charge in [-0.1, -0.05) is 65.9 Å². The van der Waals surface area contributed by atoms with Crippen LogP contribution in [0.1, 0.15) is 23.6 Å². The van der Waals surface area contributed by atoms with Gasteiger partial charge in [-0.25, -0.2) is 8.42 Å². The number of aryl methyl sites for hydroxylation is 3. The second-order valence-electron chi connectivity index (χ2n) is 13.5. The number of amides is 1. The van der Waals surface area contributed by atoms with Crippen LogP contribution in [-0.4, -0.2) is 58.5 Å². The topological polar surface area (TPSA) is 231 Å². The van der Waals surface area contributed by atoms with Gasteiger partial charge in [0.05, 0.1) is 37.5 Å². The predicted molar refractivity (Wildman–Crippen MR) is 253 cm³/mol. The average Bonchev–Trinajstić information content (AvgIpc) is 3.22. The van der Waals surface area contributed by atoms with Crippen molar-refractivity contribution in [3.8, 4) is 40.2 Å². The highest BCUT2D eigenvalue weighted by atomic mass is 32.2. The maximum Gasteiger partial charge on any atom is 0.316 e. The number of carbonyl (C=O) groups excluding carboxylic acids is 1. The number of hydrogen-bond donors (Lipinski definition) is 7. The number of phenolic OH excluding ortho intramolecular Hbond substituents is 3. The summed E-state index contributed by atoms with van der Waals surface area (Å²) < 4.78 is 74.5. The molecule has 0 saturated heterocycles. The van der Waals surface area contributed by atoms with Gasteiger partial charge in [0.1, 0.15) is 17.2 Å². The Morgan fingerprint density at radius 3 is 1.64 bits per heavy atom. The van der Waals surface area contributed by atoms with Crippen LogP contribution in [0.25, 0.3) is 0 Å². The SMILES string of the molecule is CC(=O)Nc1cc(NS(C)(=O)=O)c(O)cc1C.COc1cc(C)cc(NS(=O)Oc2ccccc2)c1O.COc1cc(Sc2cccc(C)c2)cc(NS(=O)Oc2ccccc2)c1O. The molecule has 20 heteroatoms. The smallest absolute Gasteiger partial charge is 0.316 e. The minimum absolute atomic E-state index is 0.0295. The number of rotatable bonds is 15. The van der Waals surface area contributed by atoms with Gasteiger partial charge in [-0.15, -0.1) is 0 Å². The van der Waals surface area contributed by atoms with E-state index in [4.69, 9.17) is 17.8 Å². The lowest BCUT2D eigenvalue weighted by atomic mass is 10.1. The summed E-state index contributed by atoms with van der Waals surface area (Å²) in [6, 6.07) is 35.2. The van der Waals surface area contributed by atoms with E-state index in [-0.39, 0.29) is 46.0 Å². The maximum absolute atomic E-state index is 12.3. The fraction of sp³-hybridized carbons (Fsp3) is 0.159. The van der Waals surface area contributed by atoms with Crippen molar-refractivity contribution in [1.29, 1.82) is 0 Å². The van der Waals surface area contributed by atoms with E-state index in [1.807, 2.05) is 44.2 Å². The van der Waals surface area contributed by atoms with E-state index in [0.29, 0.717) is 28.5 Å². The maximum atomic E-state index is 12.3. The number of nitrogens with one attached hydrogen (secondary N) is 4. The first kappa shape index (κ1) is 50.0. The monoisotopic (exact) mass is 952 g/mol. The molecule has 0 heterocycles. The lowest BCUT2D eigenvalue weighted by Gasteiger charge is -2.13. The molecule has 64 heavy (non-hydrogen) atoms. The Labute approximate surface area is 381 Å². The molecule has 6 aromatic carbocycles. The van der Waals surface area contributed by atoms with Gasteiger partial charge in [0.25, 0.3) is 0 Å². The van der Waals surface area contributed by atoms with Crippen molar-refractivity contribution in [2.75, 3.05) is 40.0 Å². The Hall–Kier alpha value is -6.61. The molecule has 0 saturated carbocycles. The van der Waals surface area contributed by atoms with Crippen LogP contribution in [0.5, 0.6) is 40.2 Å². The number of ether oxygens (including phenoxy) is 2. The van der Waals surface area contributed by atoms with Gasteiger partial charge in [-0.2, -0.15) is 8.42 Å². The number of methoxy groups -OCH3 is 2. The number of hydrogen-bond acceptors (Lipinski definition) is 13. The lowest BCUT2D eigenvalue weighted by Crippen LogP contribution is -2.11. The van der Waals surface area contributed by atoms with Crippen LogP contribution in [0, 0.1) is 20.8 Å². The Balaban J connectivity index is 0.000000217. The van der Waals surface area contributed by atoms with Gasteiger partial charge in [-0.05, 0) is 105 Å². The van der Waals surface area contributed by atoms with Gasteiger partial charge >= 0.3 is 22.5 Å². The van der Waals surface area contributed by atoms with E-state index in [0.717, 1.165) is 27.2 Å². The van der Waals surface area contributed by atoms with Crippen LogP contribution in [0.4, 0.5) is 22.7 Å². The number of sulfonamides is 1.